The highest BCUT2D eigenvalue weighted by Crippen LogP contribution is 2.34. The van der Waals surface area contributed by atoms with Crippen molar-refractivity contribution in [1.29, 1.82) is 0 Å². The minimum Gasteiger partial charge on any atom is -0.508 e. The third-order valence-corrected chi connectivity index (χ3v) is 3.64. The van der Waals surface area contributed by atoms with Gasteiger partial charge in [0.1, 0.15) is 5.75 Å². The summed E-state index contributed by atoms with van der Waals surface area (Å²) >= 11 is 0. The number of methoxy groups -OCH3 is 1. The lowest BCUT2D eigenvalue weighted by Gasteiger charge is -2.26. The van der Waals surface area contributed by atoms with Gasteiger partial charge in [0.25, 0.3) is 0 Å². The first-order valence-corrected chi connectivity index (χ1v) is 6.11. The Morgan fingerprint density at radius 3 is 2.83 bits per heavy atom. The Morgan fingerprint density at radius 2 is 2.22 bits per heavy atom. The predicted octanol–water partition coefficient (Wildman–Crippen LogP) is 2.86. The smallest absolute Gasteiger partial charge is 0.338 e. The second kappa shape index (κ2) is 4.84. The minimum absolute atomic E-state index is 0.128. The number of phenols is 1. The molecule has 2 rings (SSSR count). The van der Waals surface area contributed by atoms with Crippen LogP contribution >= 0.6 is 0 Å². The van der Waals surface area contributed by atoms with Gasteiger partial charge in [-0.25, -0.2) is 4.79 Å². The molecule has 3 nitrogen and oxygen atoms in total. The zero-order chi connectivity index (χ0) is 13.3. The number of aromatic hydroxyl groups is 1. The largest absolute Gasteiger partial charge is 0.508 e. The van der Waals surface area contributed by atoms with Crippen LogP contribution in [0.4, 0.5) is 0 Å². The number of hydrogen-bond acceptors (Lipinski definition) is 3. The highest BCUT2D eigenvalue weighted by molar-refractivity contribution is 5.92. The molecule has 1 N–H and O–H groups in total. The summed E-state index contributed by atoms with van der Waals surface area (Å²) in [5.74, 6) is 0.151. The second-order valence-electron chi connectivity index (χ2n) is 4.91. The number of benzene rings is 1. The summed E-state index contributed by atoms with van der Waals surface area (Å²) in [5, 5.41) is 9.66. The molecule has 0 saturated carbocycles. The van der Waals surface area contributed by atoms with Crippen LogP contribution in [-0.4, -0.2) is 18.2 Å². The fraction of sp³-hybridized carbons (Fsp3) is 0.400. The SMILES string of the molecule is C=C(C)C1CCc2cc(O)cc(C(=O)OC)c2C1. The summed E-state index contributed by atoms with van der Waals surface area (Å²) in [4.78, 5) is 11.8. The van der Waals surface area contributed by atoms with E-state index in [2.05, 4.69) is 6.58 Å². The van der Waals surface area contributed by atoms with Crippen LogP contribution in [0.1, 0.15) is 34.8 Å². The van der Waals surface area contributed by atoms with Gasteiger partial charge in [0.15, 0.2) is 0 Å². The first kappa shape index (κ1) is 12.7. The molecule has 0 heterocycles. The lowest BCUT2D eigenvalue weighted by molar-refractivity contribution is 0.0598. The Morgan fingerprint density at radius 1 is 1.50 bits per heavy atom. The van der Waals surface area contributed by atoms with Crippen molar-refractivity contribution in [2.24, 2.45) is 5.92 Å². The van der Waals surface area contributed by atoms with E-state index in [4.69, 9.17) is 4.74 Å². The molecule has 1 atom stereocenters. The van der Waals surface area contributed by atoms with E-state index in [1.807, 2.05) is 6.92 Å². The van der Waals surface area contributed by atoms with Gasteiger partial charge < -0.3 is 9.84 Å². The number of hydrogen-bond donors (Lipinski definition) is 1. The van der Waals surface area contributed by atoms with Crippen molar-refractivity contribution in [2.75, 3.05) is 7.11 Å². The van der Waals surface area contributed by atoms with Crippen molar-refractivity contribution < 1.29 is 14.6 Å². The van der Waals surface area contributed by atoms with Crippen LogP contribution in [-0.2, 0) is 17.6 Å². The molecule has 0 saturated heterocycles. The summed E-state index contributed by atoms with van der Waals surface area (Å²) in [7, 11) is 1.36. The number of aryl methyl sites for hydroxylation is 1. The van der Waals surface area contributed by atoms with Gasteiger partial charge in [0.2, 0.25) is 0 Å². The number of rotatable bonds is 2. The third-order valence-electron chi connectivity index (χ3n) is 3.64. The molecule has 1 aliphatic carbocycles. The number of phenolic OH excluding ortho intramolecular Hbond substituents is 1. The molecule has 1 aromatic rings. The molecular weight excluding hydrogens is 228 g/mol. The quantitative estimate of drug-likeness (QED) is 0.644. The van der Waals surface area contributed by atoms with Crippen molar-refractivity contribution in [3.8, 4) is 5.75 Å². The third kappa shape index (κ3) is 2.26. The number of carbonyl (C=O) groups excluding carboxylic acids is 1. The molecule has 0 amide bonds. The lowest BCUT2D eigenvalue weighted by Crippen LogP contribution is -2.19. The topological polar surface area (TPSA) is 46.5 Å². The average molecular weight is 246 g/mol. The van der Waals surface area contributed by atoms with Gasteiger partial charge in [-0.1, -0.05) is 12.2 Å². The fourth-order valence-electron chi connectivity index (χ4n) is 2.57. The minimum atomic E-state index is -0.385. The summed E-state index contributed by atoms with van der Waals surface area (Å²) < 4.78 is 4.78. The zero-order valence-corrected chi connectivity index (χ0v) is 10.8. The van der Waals surface area contributed by atoms with Crippen molar-refractivity contribution in [3.63, 3.8) is 0 Å². The van der Waals surface area contributed by atoms with E-state index in [0.29, 0.717) is 11.5 Å². The molecule has 1 aromatic carbocycles. The van der Waals surface area contributed by atoms with E-state index in [1.54, 1.807) is 6.07 Å². The molecule has 3 heteroatoms. The highest BCUT2D eigenvalue weighted by Gasteiger charge is 2.25. The van der Waals surface area contributed by atoms with Crippen LogP contribution in [0.5, 0.6) is 5.75 Å². The zero-order valence-electron chi connectivity index (χ0n) is 10.8. The number of esters is 1. The summed E-state index contributed by atoms with van der Waals surface area (Å²) in [6, 6.07) is 3.24. The monoisotopic (exact) mass is 246 g/mol. The number of ether oxygens (including phenoxy) is 1. The Labute approximate surface area is 107 Å². The number of carbonyl (C=O) groups is 1. The summed E-state index contributed by atoms with van der Waals surface area (Å²) in [6.07, 6.45) is 2.69. The number of fused-ring (bicyclic) bond motifs is 1. The normalized spacial score (nSPS) is 18.0. The molecule has 0 radical (unpaired) electrons. The summed E-state index contributed by atoms with van der Waals surface area (Å²) in [5.41, 5.74) is 3.68. The molecule has 18 heavy (non-hydrogen) atoms. The van der Waals surface area contributed by atoms with E-state index in [1.165, 1.54) is 13.2 Å². The van der Waals surface area contributed by atoms with Crippen LogP contribution in [0, 0.1) is 5.92 Å². The van der Waals surface area contributed by atoms with Crippen LogP contribution < -0.4 is 0 Å². The van der Waals surface area contributed by atoms with Gasteiger partial charge in [-0.05, 0) is 55.4 Å². The van der Waals surface area contributed by atoms with Crippen LogP contribution in [0.25, 0.3) is 0 Å². The van der Waals surface area contributed by atoms with Crippen LogP contribution in [0.3, 0.4) is 0 Å². The maximum Gasteiger partial charge on any atom is 0.338 e. The van der Waals surface area contributed by atoms with Gasteiger partial charge in [-0.15, -0.1) is 0 Å². The molecule has 96 valence electrons. The summed E-state index contributed by atoms with van der Waals surface area (Å²) in [6.45, 7) is 6.02. The predicted molar refractivity (Wildman–Crippen MR) is 69.8 cm³/mol. The Balaban J connectivity index is 2.46. The molecule has 0 bridgehead atoms. The van der Waals surface area contributed by atoms with Crippen molar-refractivity contribution in [3.05, 3.63) is 41.0 Å². The molecular formula is C15H18O3. The maximum atomic E-state index is 11.8. The molecule has 0 aromatic heterocycles. The maximum absolute atomic E-state index is 11.8. The van der Waals surface area contributed by atoms with E-state index in [-0.39, 0.29) is 11.7 Å². The lowest BCUT2D eigenvalue weighted by atomic mass is 9.79. The van der Waals surface area contributed by atoms with Gasteiger partial charge >= 0.3 is 5.97 Å². The van der Waals surface area contributed by atoms with Crippen molar-refractivity contribution in [1.82, 2.24) is 0 Å². The van der Waals surface area contributed by atoms with E-state index >= 15 is 0 Å². The molecule has 0 spiro atoms. The van der Waals surface area contributed by atoms with Gasteiger partial charge in [-0.2, -0.15) is 0 Å². The van der Waals surface area contributed by atoms with E-state index in [9.17, 15) is 9.90 Å². The number of allylic oxidation sites excluding steroid dienone is 1. The average Bonchev–Trinajstić information content (AvgIpc) is 2.36. The Hall–Kier alpha value is -1.77. The van der Waals surface area contributed by atoms with Crippen molar-refractivity contribution in [2.45, 2.75) is 26.2 Å². The first-order valence-electron chi connectivity index (χ1n) is 6.11. The Bertz CT molecular complexity index is 503. The standard InChI is InChI=1S/C15H18O3/c1-9(2)10-4-5-11-6-12(16)8-14(13(11)7-10)15(17)18-3/h6,8,10,16H,1,4-5,7H2,2-3H3. The molecule has 0 aliphatic heterocycles. The molecule has 1 unspecified atom stereocenters. The molecule has 1 aliphatic rings. The van der Waals surface area contributed by atoms with Gasteiger partial charge in [0.05, 0.1) is 12.7 Å². The van der Waals surface area contributed by atoms with E-state index < -0.39 is 0 Å². The van der Waals surface area contributed by atoms with Crippen LogP contribution in [0.2, 0.25) is 0 Å². The van der Waals surface area contributed by atoms with Crippen molar-refractivity contribution >= 4 is 5.97 Å². The Kier molecular flexibility index (Phi) is 3.41. The van der Waals surface area contributed by atoms with Crippen LogP contribution in [0.15, 0.2) is 24.3 Å². The fourth-order valence-corrected chi connectivity index (χ4v) is 2.57. The van der Waals surface area contributed by atoms with Gasteiger partial charge in [0, 0.05) is 0 Å². The van der Waals surface area contributed by atoms with E-state index in [0.717, 1.165) is 36.0 Å². The first-order chi connectivity index (χ1) is 8.52. The molecule has 0 fully saturated rings. The van der Waals surface area contributed by atoms with Gasteiger partial charge in [-0.3, -0.25) is 0 Å². The highest BCUT2D eigenvalue weighted by atomic mass is 16.5. The second-order valence-corrected chi connectivity index (χ2v) is 4.91.